The monoisotopic (exact) mass is 740 g/mol. The Kier molecular flexibility index (Phi) is 7.74. The molecule has 0 saturated heterocycles. The van der Waals surface area contributed by atoms with Crippen molar-refractivity contribution in [3.8, 4) is 66.8 Å². The molecule has 0 radical (unpaired) electrons. The summed E-state index contributed by atoms with van der Waals surface area (Å²) < 4.78 is 0. The Morgan fingerprint density at radius 1 is 0.263 bits per heavy atom. The Morgan fingerprint density at radius 3 is 1.30 bits per heavy atom. The Labute approximate surface area is 335 Å². The van der Waals surface area contributed by atoms with Crippen molar-refractivity contribution in [3.05, 3.63) is 206 Å². The summed E-state index contributed by atoms with van der Waals surface area (Å²) in [6, 6.07) is 76.8. The van der Waals surface area contributed by atoms with E-state index in [0.717, 1.165) is 0 Å². The maximum Gasteiger partial charge on any atom is 0.113 e. The predicted octanol–water partition coefficient (Wildman–Crippen LogP) is 14.3. The van der Waals surface area contributed by atoms with Crippen molar-refractivity contribution in [2.45, 2.75) is 13.1 Å². The molecule has 1 heteroatoms. The van der Waals surface area contributed by atoms with Crippen LogP contribution in [0.2, 0.25) is 13.1 Å². The molecule has 1 aliphatic heterocycles. The summed E-state index contributed by atoms with van der Waals surface area (Å²) in [4.78, 5) is 0. The first-order valence-electron chi connectivity index (χ1n) is 20.0. The van der Waals surface area contributed by atoms with Gasteiger partial charge in [0.25, 0.3) is 0 Å². The van der Waals surface area contributed by atoms with Crippen molar-refractivity contribution in [2.75, 3.05) is 0 Å². The second kappa shape index (κ2) is 13.2. The minimum Gasteiger partial charge on any atom is -0.0622 e. The molecule has 0 amide bonds. The van der Waals surface area contributed by atoms with E-state index in [2.05, 4.69) is 219 Å². The van der Waals surface area contributed by atoms with E-state index < -0.39 is 8.07 Å². The fraction of sp³-hybridized carbons (Fsp3) is 0.0357. The highest BCUT2D eigenvalue weighted by atomic mass is 28.3. The van der Waals surface area contributed by atoms with Gasteiger partial charge in [-0.2, -0.15) is 0 Å². The van der Waals surface area contributed by atoms with Crippen molar-refractivity contribution in [1.82, 2.24) is 0 Å². The molecule has 0 aromatic heterocycles. The van der Waals surface area contributed by atoms with Crippen LogP contribution in [0.3, 0.4) is 0 Å². The first kappa shape index (κ1) is 33.5. The van der Waals surface area contributed by atoms with Crippen molar-refractivity contribution in [3.63, 3.8) is 0 Å². The van der Waals surface area contributed by atoms with E-state index in [4.69, 9.17) is 0 Å². The molecule has 0 spiro atoms. The van der Waals surface area contributed by atoms with Crippen molar-refractivity contribution < 1.29 is 0 Å². The molecule has 0 unspecified atom stereocenters. The second-order valence-electron chi connectivity index (χ2n) is 16.0. The largest absolute Gasteiger partial charge is 0.113 e. The summed E-state index contributed by atoms with van der Waals surface area (Å²) in [7, 11) is -2.12. The minimum absolute atomic E-state index is 1.23. The average Bonchev–Trinajstić information content (AvgIpc) is 3.49. The summed E-state index contributed by atoms with van der Waals surface area (Å²) >= 11 is 0. The molecular formula is C56H40Si. The van der Waals surface area contributed by atoms with E-state index in [1.54, 1.807) is 0 Å². The molecule has 0 bridgehead atoms. The molecule has 10 aromatic carbocycles. The topological polar surface area (TPSA) is 0 Å². The van der Waals surface area contributed by atoms with Gasteiger partial charge in [-0.3, -0.25) is 0 Å². The third-order valence-electron chi connectivity index (χ3n) is 12.5. The Hall–Kier alpha value is -6.80. The molecule has 0 aliphatic carbocycles. The van der Waals surface area contributed by atoms with Gasteiger partial charge < -0.3 is 0 Å². The van der Waals surface area contributed by atoms with Gasteiger partial charge in [-0.1, -0.05) is 213 Å². The van der Waals surface area contributed by atoms with Crippen LogP contribution >= 0.6 is 0 Å². The molecule has 268 valence electrons. The SMILES string of the molecule is C[Si]1(C)c2cc(-c3cccc4ccccc34)ccc2-c2cc3c(-c4ccc(-c5ccccc5)cc4)c4ccccc4c(-c4ccc(-c5ccccc5)cc4)c3cc21. The molecule has 0 N–H and O–H groups in total. The average molecular weight is 741 g/mol. The quantitative estimate of drug-likeness (QED) is 0.122. The molecule has 57 heavy (non-hydrogen) atoms. The van der Waals surface area contributed by atoms with Crippen LogP contribution in [0.5, 0.6) is 0 Å². The molecular weight excluding hydrogens is 701 g/mol. The van der Waals surface area contributed by atoms with Crippen LogP contribution in [-0.2, 0) is 0 Å². The molecule has 0 nitrogen and oxygen atoms in total. The molecule has 0 saturated carbocycles. The van der Waals surface area contributed by atoms with Gasteiger partial charge in [0.15, 0.2) is 0 Å². The zero-order chi connectivity index (χ0) is 38.1. The van der Waals surface area contributed by atoms with Crippen LogP contribution in [0.25, 0.3) is 99.1 Å². The maximum absolute atomic E-state index is 2.60. The van der Waals surface area contributed by atoms with Gasteiger partial charge in [-0.25, -0.2) is 0 Å². The standard InChI is InChI=1S/C56H40Si/c1-57(2)53-34-44(46-23-13-19-41-18-9-10-20-45(41)46)32-33-47(53)50-35-51-52(36-54(50)57)56(43-30-26-40(27-31-43)38-16-7-4-8-17-38)49-22-12-11-21-48(49)55(51)42-28-24-39(25-29-42)37-14-5-3-6-15-37/h3-36H,1-2H3. The van der Waals surface area contributed by atoms with Crippen LogP contribution in [0, 0.1) is 0 Å². The summed E-state index contributed by atoms with van der Waals surface area (Å²) in [5, 5.41) is 10.8. The first-order chi connectivity index (χ1) is 28.0. The molecule has 1 heterocycles. The van der Waals surface area contributed by atoms with Crippen molar-refractivity contribution in [2.24, 2.45) is 0 Å². The lowest BCUT2D eigenvalue weighted by molar-refractivity contribution is 1.60. The summed E-state index contributed by atoms with van der Waals surface area (Å²) in [6.07, 6.45) is 0. The van der Waals surface area contributed by atoms with Gasteiger partial charge in [0.2, 0.25) is 0 Å². The van der Waals surface area contributed by atoms with E-state index in [0.29, 0.717) is 0 Å². The van der Waals surface area contributed by atoms with Gasteiger partial charge in [0, 0.05) is 0 Å². The summed E-state index contributed by atoms with van der Waals surface area (Å²) in [5.41, 5.74) is 15.4. The fourth-order valence-electron chi connectivity index (χ4n) is 9.59. The van der Waals surface area contributed by atoms with Crippen LogP contribution in [0.4, 0.5) is 0 Å². The normalized spacial score (nSPS) is 12.9. The highest BCUT2D eigenvalue weighted by Crippen LogP contribution is 2.46. The molecule has 0 atom stereocenters. The third kappa shape index (κ3) is 5.42. The van der Waals surface area contributed by atoms with E-state index in [9.17, 15) is 0 Å². The zero-order valence-corrected chi connectivity index (χ0v) is 33.1. The number of benzene rings is 10. The van der Waals surface area contributed by atoms with Crippen molar-refractivity contribution in [1.29, 1.82) is 0 Å². The van der Waals surface area contributed by atoms with Gasteiger partial charge in [-0.05, 0) is 116 Å². The van der Waals surface area contributed by atoms with Crippen molar-refractivity contribution >= 4 is 50.8 Å². The van der Waals surface area contributed by atoms with Crippen LogP contribution in [0.1, 0.15) is 0 Å². The van der Waals surface area contributed by atoms with Crippen LogP contribution in [0.15, 0.2) is 206 Å². The van der Waals surface area contributed by atoms with E-state index in [-0.39, 0.29) is 0 Å². The lowest BCUT2D eigenvalue weighted by Gasteiger charge is -2.23. The minimum atomic E-state index is -2.12. The van der Waals surface area contributed by atoms with Gasteiger partial charge >= 0.3 is 0 Å². The smallest absolute Gasteiger partial charge is 0.0622 e. The molecule has 1 aliphatic rings. The highest BCUT2D eigenvalue weighted by molar-refractivity contribution is 7.04. The Balaban J connectivity index is 1.16. The van der Waals surface area contributed by atoms with Gasteiger partial charge in [0.1, 0.15) is 8.07 Å². The first-order valence-corrected chi connectivity index (χ1v) is 23.0. The fourth-order valence-corrected chi connectivity index (χ4v) is 12.7. The predicted molar refractivity (Wildman–Crippen MR) is 248 cm³/mol. The Bertz CT molecular complexity index is 3150. The van der Waals surface area contributed by atoms with Crippen LogP contribution < -0.4 is 10.4 Å². The number of rotatable bonds is 5. The molecule has 0 fully saturated rings. The van der Waals surface area contributed by atoms with E-state index in [1.807, 2.05) is 0 Å². The Morgan fingerprint density at radius 2 is 0.702 bits per heavy atom. The third-order valence-corrected chi connectivity index (χ3v) is 16.0. The van der Waals surface area contributed by atoms with Gasteiger partial charge in [0.05, 0.1) is 0 Å². The zero-order valence-electron chi connectivity index (χ0n) is 32.1. The number of fused-ring (bicyclic) bond motifs is 6. The molecule has 10 aromatic rings. The number of hydrogen-bond acceptors (Lipinski definition) is 0. The number of hydrogen-bond donors (Lipinski definition) is 0. The highest BCUT2D eigenvalue weighted by Gasteiger charge is 2.38. The van der Waals surface area contributed by atoms with Gasteiger partial charge in [-0.15, -0.1) is 0 Å². The lowest BCUT2D eigenvalue weighted by atomic mass is 9.84. The van der Waals surface area contributed by atoms with Crippen LogP contribution in [-0.4, -0.2) is 8.07 Å². The summed E-state index contributed by atoms with van der Waals surface area (Å²) in [6.45, 7) is 5.10. The van der Waals surface area contributed by atoms with E-state index in [1.165, 1.54) is 109 Å². The molecule has 11 rings (SSSR count). The maximum atomic E-state index is 2.60. The lowest BCUT2D eigenvalue weighted by Crippen LogP contribution is -2.49. The summed E-state index contributed by atoms with van der Waals surface area (Å²) in [5.74, 6) is 0. The second-order valence-corrected chi connectivity index (χ2v) is 20.4. The van der Waals surface area contributed by atoms with E-state index >= 15 is 0 Å².